The molecule has 2 aromatic rings. The zero-order chi connectivity index (χ0) is 18.2. The number of rotatable bonds is 7. The number of pyridine rings is 1. The van der Waals surface area contributed by atoms with Gasteiger partial charge in [0.15, 0.2) is 0 Å². The van der Waals surface area contributed by atoms with Crippen molar-refractivity contribution in [3.63, 3.8) is 0 Å². The SMILES string of the molecule is Cc1ccc(CC2CCN(CCC/C=C/c3ccc(=O)[nH]c3)CC2)cc1. The van der Waals surface area contributed by atoms with Crippen molar-refractivity contribution in [1.82, 2.24) is 9.88 Å². The second-order valence-corrected chi connectivity index (χ2v) is 7.51. The number of unbranched alkanes of at least 4 members (excludes halogenated alkanes) is 1. The fraction of sp³-hybridized carbons (Fsp3) is 0.435. The topological polar surface area (TPSA) is 36.1 Å². The molecule has 3 rings (SSSR count). The molecule has 0 unspecified atom stereocenters. The monoisotopic (exact) mass is 350 g/mol. The minimum atomic E-state index is -0.0482. The second kappa shape index (κ2) is 9.54. The lowest BCUT2D eigenvalue weighted by Gasteiger charge is -2.32. The van der Waals surface area contributed by atoms with Crippen LogP contribution in [0.3, 0.4) is 0 Å². The third-order valence-corrected chi connectivity index (χ3v) is 5.32. The van der Waals surface area contributed by atoms with Gasteiger partial charge >= 0.3 is 0 Å². The quantitative estimate of drug-likeness (QED) is 0.750. The molecule has 1 aliphatic rings. The Morgan fingerprint density at radius 1 is 1.12 bits per heavy atom. The maximum absolute atomic E-state index is 11.0. The van der Waals surface area contributed by atoms with Crippen LogP contribution in [0.25, 0.3) is 6.08 Å². The summed E-state index contributed by atoms with van der Waals surface area (Å²) in [6.45, 7) is 5.81. The van der Waals surface area contributed by atoms with E-state index >= 15 is 0 Å². The molecule has 1 aromatic heterocycles. The van der Waals surface area contributed by atoms with Crippen molar-refractivity contribution < 1.29 is 0 Å². The van der Waals surface area contributed by atoms with E-state index in [1.165, 1.54) is 56.4 Å². The van der Waals surface area contributed by atoms with Crippen molar-refractivity contribution in [2.24, 2.45) is 5.92 Å². The van der Waals surface area contributed by atoms with E-state index in [-0.39, 0.29) is 5.56 Å². The smallest absolute Gasteiger partial charge is 0.247 e. The number of aromatic amines is 1. The third-order valence-electron chi connectivity index (χ3n) is 5.32. The highest BCUT2D eigenvalue weighted by Gasteiger charge is 2.18. The largest absolute Gasteiger partial charge is 0.329 e. The summed E-state index contributed by atoms with van der Waals surface area (Å²) in [4.78, 5) is 16.3. The van der Waals surface area contributed by atoms with Crippen LogP contribution in [0.5, 0.6) is 0 Å². The van der Waals surface area contributed by atoms with Crippen LogP contribution in [0.15, 0.2) is 53.5 Å². The molecule has 0 saturated carbocycles. The van der Waals surface area contributed by atoms with Crippen molar-refractivity contribution >= 4 is 6.08 Å². The normalized spacial score (nSPS) is 16.3. The fourth-order valence-electron chi connectivity index (χ4n) is 3.65. The van der Waals surface area contributed by atoms with Crippen molar-refractivity contribution in [2.75, 3.05) is 19.6 Å². The van der Waals surface area contributed by atoms with Gasteiger partial charge in [0.25, 0.3) is 0 Å². The van der Waals surface area contributed by atoms with E-state index < -0.39 is 0 Å². The van der Waals surface area contributed by atoms with E-state index in [4.69, 9.17) is 0 Å². The number of benzene rings is 1. The Kier molecular flexibility index (Phi) is 6.84. The molecule has 2 heterocycles. The number of H-pyrrole nitrogens is 1. The number of nitrogens with one attached hydrogen (secondary N) is 1. The molecule has 0 atom stereocenters. The Morgan fingerprint density at radius 3 is 2.58 bits per heavy atom. The molecule has 3 nitrogen and oxygen atoms in total. The first-order valence-corrected chi connectivity index (χ1v) is 9.82. The minimum absolute atomic E-state index is 0.0482. The predicted octanol–water partition coefficient (Wildman–Crippen LogP) is 4.43. The number of nitrogens with zero attached hydrogens (tertiary/aromatic N) is 1. The Labute approximate surface area is 156 Å². The van der Waals surface area contributed by atoms with Crippen molar-refractivity contribution in [3.8, 4) is 0 Å². The van der Waals surface area contributed by atoms with E-state index in [0.29, 0.717) is 0 Å². The third kappa shape index (κ3) is 5.99. The summed E-state index contributed by atoms with van der Waals surface area (Å²) in [5.41, 5.74) is 3.84. The van der Waals surface area contributed by atoms with E-state index in [0.717, 1.165) is 17.9 Å². The van der Waals surface area contributed by atoms with Crippen LogP contribution in [0.4, 0.5) is 0 Å². The summed E-state index contributed by atoms with van der Waals surface area (Å²) in [5, 5.41) is 0. The molecule has 1 aromatic carbocycles. The van der Waals surface area contributed by atoms with Gasteiger partial charge in [-0.1, -0.05) is 42.0 Å². The molecule has 1 aliphatic heterocycles. The van der Waals surface area contributed by atoms with Gasteiger partial charge in [0, 0.05) is 12.3 Å². The van der Waals surface area contributed by atoms with Crippen LogP contribution in [-0.4, -0.2) is 29.5 Å². The van der Waals surface area contributed by atoms with Crippen LogP contribution in [0, 0.1) is 12.8 Å². The summed E-state index contributed by atoms with van der Waals surface area (Å²) in [6, 6.07) is 12.5. The number of aryl methyl sites for hydroxylation is 1. The first-order chi connectivity index (χ1) is 12.7. The molecule has 0 amide bonds. The van der Waals surface area contributed by atoms with E-state index in [1.807, 2.05) is 6.07 Å². The van der Waals surface area contributed by atoms with Crippen LogP contribution in [-0.2, 0) is 6.42 Å². The number of allylic oxidation sites excluding steroid dienone is 1. The van der Waals surface area contributed by atoms with Gasteiger partial charge in [-0.25, -0.2) is 0 Å². The van der Waals surface area contributed by atoms with Crippen molar-refractivity contribution in [2.45, 2.75) is 39.0 Å². The molecule has 1 fully saturated rings. The molecule has 26 heavy (non-hydrogen) atoms. The first-order valence-electron chi connectivity index (χ1n) is 9.82. The van der Waals surface area contributed by atoms with Crippen molar-refractivity contribution in [3.05, 3.63) is 75.7 Å². The molecule has 1 saturated heterocycles. The molecule has 1 N–H and O–H groups in total. The summed E-state index contributed by atoms with van der Waals surface area (Å²) in [5.74, 6) is 0.842. The maximum atomic E-state index is 11.0. The number of likely N-dealkylation sites (tertiary alicyclic amines) is 1. The average Bonchev–Trinajstić information content (AvgIpc) is 2.66. The second-order valence-electron chi connectivity index (χ2n) is 7.51. The Morgan fingerprint density at radius 2 is 1.88 bits per heavy atom. The summed E-state index contributed by atoms with van der Waals surface area (Å²) >= 11 is 0. The van der Waals surface area contributed by atoms with Gasteiger partial charge < -0.3 is 9.88 Å². The summed E-state index contributed by atoms with van der Waals surface area (Å²) in [6.07, 6.45) is 12.2. The zero-order valence-electron chi connectivity index (χ0n) is 15.8. The standard InChI is InChI=1S/C23H30N2O/c1-19-6-8-20(9-7-19)17-21-12-15-25(16-13-21)14-4-2-3-5-22-10-11-23(26)24-18-22/h3,5-11,18,21H,2,4,12-17H2,1H3,(H,24,26)/b5-3+. The van der Waals surface area contributed by atoms with Gasteiger partial charge in [0.05, 0.1) is 0 Å². The maximum Gasteiger partial charge on any atom is 0.247 e. The lowest BCUT2D eigenvalue weighted by atomic mass is 9.90. The molecule has 138 valence electrons. The lowest BCUT2D eigenvalue weighted by Crippen LogP contribution is -2.34. The van der Waals surface area contributed by atoms with E-state index in [1.54, 1.807) is 12.3 Å². The van der Waals surface area contributed by atoms with Crippen LogP contribution < -0.4 is 5.56 Å². The van der Waals surface area contributed by atoms with E-state index in [9.17, 15) is 4.79 Å². The fourth-order valence-corrected chi connectivity index (χ4v) is 3.65. The zero-order valence-corrected chi connectivity index (χ0v) is 15.8. The highest BCUT2D eigenvalue weighted by Crippen LogP contribution is 2.22. The summed E-state index contributed by atoms with van der Waals surface area (Å²) < 4.78 is 0. The van der Waals surface area contributed by atoms with Crippen molar-refractivity contribution in [1.29, 1.82) is 0 Å². The predicted molar refractivity (Wildman–Crippen MR) is 109 cm³/mol. The minimum Gasteiger partial charge on any atom is -0.329 e. The van der Waals surface area contributed by atoms with Crippen LogP contribution in [0.1, 0.15) is 42.4 Å². The Bertz CT molecular complexity index is 732. The van der Waals surface area contributed by atoms with Gasteiger partial charge in [-0.3, -0.25) is 4.79 Å². The molecule has 0 bridgehead atoms. The molecule has 0 spiro atoms. The van der Waals surface area contributed by atoms with E-state index in [2.05, 4.69) is 53.2 Å². The lowest BCUT2D eigenvalue weighted by molar-refractivity contribution is 0.183. The van der Waals surface area contributed by atoms with Crippen LogP contribution in [0.2, 0.25) is 0 Å². The van der Waals surface area contributed by atoms with Gasteiger partial charge in [0.2, 0.25) is 5.56 Å². The van der Waals surface area contributed by atoms with Gasteiger partial charge in [-0.15, -0.1) is 0 Å². The molecule has 0 aliphatic carbocycles. The number of piperidine rings is 1. The van der Waals surface area contributed by atoms with Crippen LogP contribution >= 0.6 is 0 Å². The number of hydrogen-bond acceptors (Lipinski definition) is 2. The van der Waals surface area contributed by atoms with Gasteiger partial charge in [-0.05, 0) is 81.8 Å². The molecular formula is C23H30N2O. The van der Waals surface area contributed by atoms with Gasteiger partial charge in [-0.2, -0.15) is 0 Å². The highest BCUT2D eigenvalue weighted by molar-refractivity contribution is 5.47. The molecule has 3 heteroatoms. The first kappa shape index (κ1) is 18.7. The Balaban J connectivity index is 1.32. The number of aromatic nitrogens is 1. The Hall–Kier alpha value is -2.13. The average molecular weight is 351 g/mol. The molecule has 0 radical (unpaired) electrons. The molecular weight excluding hydrogens is 320 g/mol. The highest BCUT2D eigenvalue weighted by atomic mass is 16.1. The summed E-state index contributed by atoms with van der Waals surface area (Å²) in [7, 11) is 0. The number of hydrogen-bond donors (Lipinski definition) is 1. The van der Waals surface area contributed by atoms with Gasteiger partial charge in [0.1, 0.15) is 0 Å².